The molecule has 2 aromatic carbocycles. The minimum Gasteiger partial charge on any atom is -0.481 e. The van der Waals surface area contributed by atoms with Crippen LogP contribution in [0.25, 0.3) is 0 Å². The molecule has 2 amide bonds. The highest BCUT2D eigenvalue weighted by Gasteiger charge is 2.20. The number of carbonyl (C=O) groups excluding carboxylic acids is 1. The molecule has 0 aromatic heterocycles. The van der Waals surface area contributed by atoms with E-state index in [9.17, 15) is 14.0 Å². The Balaban J connectivity index is 0.000000569. The summed E-state index contributed by atoms with van der Waals surface area (Å²) in [5, 5.41) is 10.9. The van der Waals surface area contributed by atoms with Crippen LogP contribution in [-0.2, 0) is 11.2 Å². The van der Waals surface area contributed by atoms with E-state index < -0.39 is 5.97 Å². The van der Waals surface area contributed by atoms with Gasteiger partial charge in [-0.25, -0.2) is 9.18 Å². The molecule has 6 nitrogen and oxygen atoms in total. The first-order valence-corrected chi connectivity index (χ1v) is 11.6. The number of rotatable bonds is 11. The third-order valence-electron chi connectivity index (χ3n) is 5.26. The summed E-state index contributed by atoms with van der Waals surface area (Å²) < 4.78 is 18.4. The molecule has 1 aliphatic heterocycles. The molecule has 2 aromatic rings. The van der Waals surface area contributed by atoms with Gasteiger partial charge in [0.1, 0.15) is 5.82 Å². The number of unbranched alkanes of at least 4 members (excludes halogenated alkanes) is 4. The highest BCUT2D eigenvalue weighted by molar-refractivity contribution is 5.89. The first kappa shape index (κ1) is 26.2. The zero-order valence-electron chi connectivity index (χ0n) is 19.8. The van der Waals surface area contributed by atoms with E-state index in [1.165, 1.54) is 31.4 Å². The molecule has 3 rings (SSSR count). The molecular weight excluding hydrogens is 423 g/mol. The van der Waals surface area contributed by atoms with Crippen molar-refractivity contribution < 1.29 is 23.8 Å². The van der Waals surface area contributed by atoms with Crippen LogP contribution in [0.4, 0.5) is 14.9 Å². The lowest BCUT2D eigenvalue weighted by Crippen LogP contribution is -2.37. The van der Waals surface area contributed by atoms with Crippen LogP contribution < -0.4 is 10.1 Å². The molecule has 0 bridgehead atoms. The predicted molar refractivity (Wildman–Crippen MR) is 128 cm³/mol. The van der Waals surface area contributed by atoms with Gasteiger partial charge in [0, 0.05) is 18.8 Å². The number of benzene rings is 2. The summed E-state index contributed by atoms with van der Waals surface area (Å²) in [4.78, 5) is 24.3. The van der Waals surface area contributed by atoms with E-state index in [2.05, 4.69) is 12.2 Å². The van der Waals surface area contributed by atoms with Gasteiger partial charge in [0.05, 0.1) is 5.92 Å². The molecule has 0 fully saturated rings. The van der Waals surface area contributed by atoms with Gasteiger partial charge < -0.3 is 20.1 Å². The highest BCUT2D eigenvalue weighted by Crippen LogP contribution is 2.45. The lowest BCUT2D eigenvalue weighted by Gasteiger charge is -2.23. The molecule has 0 aliphatic carbocycles. The maximum absolute atomic E-state index is 13.1. The number of ether oxygens (including phenoxy) is 1. The number of hydrogen-bond donors (Lipinski definition) is 2. The quantitative estimate of drug-likeness (QED) is 0.247. The Kier molecular flexibility index (Phi) is 10.7. The Hall–Kier alpha value is -3.09. The second-order valence-corrected chi connectivity index (χ2v) is 8.46. The number of fused-ring (bicyclic) bond motifs is 1. The Morgan fingerprint density at radius 1 is 1.00 bits per heavy atom. The SMILES string of the molecule is CC(C)C(=O)O.CCCCCCCN(CCc1ccc2c(c1)O2)C(=O)Nc1ccc(F)cc1. The van der Waals surface area contributed by atoms with Crippen molar-refractivity contribution in [2.75, 3.05) is 18.4 Å². The first-order valence-electron chi connectivity index (χ1n) is 11.6. The van der Waals surface area contributed by atoms with Crippen LogP contribution in [0.2, 0.25) is 0 Å². The van der Waals surface area contributed by atoms with Gasteiger partial charge in [-0.15, -0.1) is 0 Å². The van der Waals surface area contributed by atoms with Crippen molar-refractivity contribution in [3.05, 3.63) is 53.8 Å². The van der Waals surface area contributed by atoms with E-state index in [1.807, 2.05) is 23.1 Å². The van der Waals surface area contributed by atoms with Crippen LogP contribution in [0, 0.1) is 11.7 Å². The smallest absolute Gasteiger partial charge is 0.321 e. The Bertz CT molecular complexity index is 900. The van der Waals surface area contributed by atoms with Crippen LogP contribution in [0.3, 0.4) is 0 Å². The molecule has 0 unspecified atom stereocenters. The number of carbonyl (C=O) groups is 2. The van der Waals surface area contributed by atoms with Crippen molar-refractivity contribution >= 4 is 17.7 Å². The molecular formula is C26H35FN2O4. The van der Waals surface area contributed by atoms with E-state index >= 15 is 0 Å². The van der Waals surface area contributed by atoms with E-state index in [4.69, 9.17) is 9.84 Å². The van der Waals surface area contributed by atoms with Crippen molar-refractivity contribution in [3.8, 4) is 11.5 Å². The molecule has 33 heavy (non-hydrogen) atoms. The van der Waals surface area contributed by atoms with Gasteiger partial charge in [-0.3, -0.25) is 4.79 Å². The van der Waals surface area contributed by atoms with Crippen LogP contribution >= 0.6 is 0 Å². The first-order chi connectivity index (χ1) is 15.8. The minimum atomic E-state index is -0.741. The van der Waals surface area contributed by atoms with Gasteiger partial charge in [0.15, 0.2) is 11.5 Å². The van der Waals surface area contributed by atoms with Gasteiger partial charge >= 0.3 is 12.0 Å². The molecule has 0 saturated carbocycles. The van der Waals surface area contributed by atoms with Gasteiger partial charge in [-0.1, -0.05) is 52.5 Å². The maximum Gasteiger partial charge on any atom is 0.321 e. The second-order valence-electron chi connectivity index (χ2n) is 8.46. The normalized spacial score (nSPS) is 11.1. The number of carboxylic acids is 1. The molecule has 1 aliphatic rings. The summed E-state index contributed by atoms with van der Waals surface area (Å²) in [5.74, 6) is 0.600. The number of halogens is 1. The summed E-state index contributed by atoms with van der Waals surface area (Å²) >= 11 is 0. The van der Waals surface area contributed by atoms with Crippen LogP contribution in [0.15, 0.2) is 42.5 Å². The van der Waals surface area contributed by atoms with Crippen molar-refractivity contribution in [2.24, 2.45) is 5.92 Å². The Morgan fingerprint density at radius 2 is 1.67 bits per heavy atom. The highest BCUT2D eigenvalue weighted by atomic mass is 19.1. The average molecular weight is 459 g/mol. The molecule has 2 N–H and O–H groups in total. The largest absolute Gasteiger partial charge is 0.481 e. The predicted octanol–water partition coefficient (Wildman–Crippen LogP) is 6.71. The fraction of sp³-hybridized carbons (Fsp3) is 0.462. The number of carboxylic acid groups (broad SMARTS) is 1. The van der Waals surface area contributed by atoms with Crippen molar-refractivity contribution in [3.63, 3.8) is 0 Å². The molecule has 180 valence electrons. The molecule has 0 atom stereocenters. The van der Waals surface area contributed by atoms with Crippen LogP contribution in [-0.4, -0.2) is 35.1 Å². The number of aliphatic carboxylic acids is 1. The third kappa shape index (κ3) is 9.93. The van der Waals surface area contributed by atoms with Crippen LogP contribution in [0.1, 0.15) is 58.4 Å². The molecule has 7 heteroatoms. The van der Waals surface area contributed by atoms with Gasteiger partial charge in [0.2, 0.25) is 0 Å². The van der Waals surface area contributed by atoms with E-state index in [0.29, 0.717) is 12.2 Å². The number of urea groups is 1. The molecule has 0 spiro atoms. The van der Waals surface area contributed by atoms with Crippen molar-refractivity contribution in [1.82, 2.24) is 4.90 Å². The standard InChI is InChI=1S/C22H27FN2O2.C4H8O2/c1-2-3-4-5-6-14-25(15-13-17-7-12-20-21(16-17)27-20)22(26)24-19-10-8-18(23)9-11-19;1-3(2)4(5)6/h7-12,16H,2-6,13-15H2,1H3,(H,24,26);3H,1-2H3,(H,5,6). The lowest BCUT2D eigenvalue weighted by molar-refractivity contribution is -0.140. The van der Waals surface area contributed by atoms with E-state index in [-0.39, 0.29) is 17.8 Å². The third-order valence-corrected chi connectivity index (χ3v) is 5.26. The fourth-order valence-electron chi connectivity index (χ4n) is 3.09. The average Bonchev–Trinajstić information content (AvgIpc) is 3.56. The summed E-state index contributed by atoms with van der Waals surface area (Å²) in [7, 11) is 0. The number of nitrogens with zero attached hydrogens (tertiary/aromatic N) is 1. The Morgan fingerprint density at radius 3 is 2.27 bits per heavy atom. The zero-order valence-corrected chi connectivity index (χ0v) is 19.8. The maximum atomic E-state index is 13.1. The topological polar surface area (TPSA) is 82.2 Å². The van der Waals surface area contributed by atoms with E-state index in [1.54, 1.807) is 26.0 Å². The number of nitrogens with one attached hydrogen (secondary N) is 1. The van der Waals surface area contributed by atoms with Gasteiger partial charge in [0.25, 0.3) is 0 Å². The number of anilines is 1. The van der Waals surface area contributed by atoms with Crippen molar-refractivity contribution in [1.29, 1.82) is 0 Å². The molecule has 0 saturated heterocycles. The van der Waals surface area contributed by atoms with E-state index in [0.717, 1.165) is 42.9 Å². The zero-order chi connectivity index (χ0) is 24.2. The Labute approximate surface area is 195 Å². The summed E-state index contributed by atoms with van der Waals surface area (Å²) in [6.45, 7) is 6.83. The van der Waals surface area contributed by atoms with Gasteiger partial charge in [-0.2, -0.15) is 0 Å². The molecule has 0 radical (unpaired) electrons. The minimum absolute atomic E-state index is 0.139. The fourth-order valence-corrected chi connectivity index (χ4v) is 3.09. The van der Waals surface area contributed by atoms with Crippen LogP contribution in [0.5, 0.6) is 11.5 Å². The second kappa shape index (κ2) is 13.5. The molecule has 1 heterocycles. The summed E-state index contributed by atoms with van der Waals surface area (Å²) in [6, 6.07) is 11.8. The lowest BCUT2D eigenvalue weighted by atomic mass is 10.1. The van der Waals surface area contributed by atoms with Gasteiger partial charge in [-0.05, 0) is 54.8 Å². The van der Waals surface area contributed by atoms with Crippen molar-refractivity contribution in [2.45, 2.75) is 59.3 Å². The monoisotopic (exact) mass is 458 g/mol. The summed E-state index contributed by atoms with van der Waals surface area (Å²) in [5.41, 5.74) is 1.77. The number of amides is 2. The number of hydrogen-bond acceptors (Lipinski definition) is 3. The summed E-state index contributed by atoms with van der Waals surface area (Å²) in [6.07, 6.45) is 6.53.